The first-order valence-corrected chi connectivity index (χ1v) is 6.54. The maximum atomic E-state index is 11.5. The smallest absolute Gasteiger partial charge is 0.304 e. The van der Waals surface area contributed by atoms with Gasteiger partial charge in [0.2, 0.25) is 10.0 Å². The van der Waals surface area contributed by atoms with Crippen molar-refractivity contribution in [1.82, 2.24) is 0 Å². The lowest BCUT2D eigenvalue weighted by Gasteiger charge is -2.08. The second-order valence-electron chi connectivity index (χ2n) is 3.64. The van der Waals surface area contributed by atoms with E-state index in [-0.39, 0.29) is 0 Å². The quantitative estimate of drug-likeness (QED) is 0.676. The third-order valence-electron chi connectivity index (χ3n) is 2.14. The molecule has 0 spiro atoms. The lowest BCUT2D eigenvalue weighted by molar-refractivity contribution is -0.136. The van der Waals surface area contributed by atoms with Gasteiger partial charge in [-0.2, -0.15) is 0 Å². The Morgan fingerprint density at radius 2 is 2.12 bits per heavy atom. The molecule has 7 heteroatoms. The molecular formula is C10H14N2O4S. The number of nitrogen functional groups attached to an aromatic ring is 1. The second kappa shape index (κ2) is 5.05. The molecule has 0 atom stereocenters. The minimum absolute atomic E-state index is 0.332. The van der Waals surface area contributed by atoms with Gasteiger partial charge in [-0.05, 0) is 24.6 Å². The molecule has 0 aliphatic carbocycles. The summed E-state index contributed by atoms with van der Waals surface area (Å²) in [4.78, 5) is 10.3. The van der Waals surface area contributed by atoms with Gasteiger partial charge in [-0.25, -0.2) is 8.42 Å². The van der Waals surface area contributed by atoms with Crippen LogP contribution in [0.5, 0.6) is 0 Å². The van der Waals surface area contributed by atoms with Crippen LogP contribution >= 0.6 is 0 Å². The highest BCUT2D eigenvalue weighted by Crippen LogP contribution is 2.18. The van der Waals surface area contributed by atoms with Crippen molar-refractivity contribution in [2.45, 2.75) is 13.3 Å². The fourth-order valence-electron chi connectivity index (χ4n) is 1.16. The first-order chi connectivity index (χ1) is 7.80. The molecule has 4 N–H and O–H groups in total. The first kappa shape index (κ1) is 13.3. The normalized spacial score (nSPS) is 11.1. The fraction of sp³-hybridized carbons (Fsp3) is 0.300. The lowest BCUT2D eigenvalue weighted by atomic mass is 10.2. The Kier molecular flexibility index (Phi) is 3.95. The predicted molar refractivity (Wildman–Crippen MR) is 65.3 cm³/mol. The Balaban J connectivity index is 2.76. The van der Waals surface area contributed by atoms with E-state index in [2.05, 4.69) is 4.72 Å². The Morgan fingerprint density at radius 1 is 1.47 bits per heavy atom. The van der Waals surface area contributed by atoms with Crippen LogP contribution in [0.25, 0.3) is 0 Å². The van der Waals surface area contributed by atoms with E-state index in [9.17, 15) is 13.2 Å². The molecule has 0 saturated carbocycles. The van der Waals surface area contributed by atoms with Crippen LogP contribution in [0.15, 0.2) is 18.2 Å². The van der Waals surface area contributed by atoms with Crippen LogP contribution in [0, 0.1) is 6.92 Å². The summed E-state index contributed by atoms with van der Waals surface area (Å²) in [5.41, 5.74) is 7.29. The zero-order valence-electron chi connectivity index (χ0n) is 9.30. The topological polar surface area (TPSA) is 109 Å². The van der Waals surface area contributed by atoms with E-state index in [1.807, 2.05) is 0 Å². The van der Waals surface area contributed by atoms with Crippen molar-refractivity contribution in [2.24, 2.45) is 0 Å². The van der Waals surface area contributed by atoms with Crippen LogP contribution in [0.4, 0.5) is 11.4 Å². The van der Waals surface area contributed by atoms with Crippen molar-refractivity contribution in [3.63, 3.8) is 0 Å². The second-order valence-corrected chi connectivity index (χ2v) is 5.48. The van der Waals surface area contributed by atoms with Gasteiger partial charge in [-0.3, -0.25) is 9.52 Å². The van der Waals surface area contributed by atoms with Crippen LogP contribution in [-0.2, 0) is 14.8 Å². The van der Waals surface area contributed by atoms with Crippen molar-refractivity contribution in [3.05, 3.63) is 23.8 Å². The molecule has 6 nitrogen and oxygen atoms in total. The Morgan fingerprint density at radius 3 is 2.65 bits per heavy atom. The standard InChI is InChI=1S/C10H14N2O4S/c1-7-2-3-8(6-9(7)11)12-17(15,16)5-4-10(13)14/h2-3,6,12H,4-5,11H2,1H3,(H,13,14). The van der Waals surface area contributed by atoms with Gasteiger partial charge in [0.15, 0.2) is 0 Å². The molecule has 0 fully saturated rings. The van der Waals surface area contributed by atoms with Gasteiger partial charge in [0.25, 0.3) is 0 Å². The monoisotopic (exact) mass is 258 g/mol. The maximum absolute atomic E-state index is 11.5. The van der Waals surface area contributed by atoms with Gasteiger partial charge in [-0.1, -0.05) is 6.07 Å². The van der Waals surface area contributed by atoms with Crippen molar-refractivity contribution < 1.29 is 18.3 Å². The van der Waals surface area contributed by atoms with Crippen LogP contribution in [0.2, 0.25) is 0 Å². The molecule has 0 saturated heterocycles. The third-order valence-corrected chi connectivity index (χ3v) is 3.43. The zero-order chi connectivity index (χ0) is 13.1. The summed E-state index contributed by atoms with van der Waals surface area (Å²) in [7, 11) is -3.65. The molecule has 1 aromatic carbocycles. The van der Waals surface area contributed by atoms with Gasteiger partial charge in [-0.15, -0.1) is 0 Å². The van der Waals surface area contributed by atoms with E-state index < -0.39 is 28.2 Å². The molecule has 0 unspecified atom stereocenters. The van der Waals surface area contributed by atoms with Gasteiger partial charge >= 0.3 is 5.97 Å². The number of anilines is 2. The molecule has 0 amide bonds. The number of nitrogens with one attached hydrogen (secondary N) is 1. The van der Waals surface area contributed by atoms with Gasteiger partial charge in [0, 0.05) is 5.69 Å². The van der Waals surface area contributed by atoms with Crippen LogP contribution in [0.1, 0.15) is 12.0 Å². The van der Waals surface area contributed by atoms with E-state index in [4.69, 9.17) is 10.8 Å². The van der Waals surface area contributed by atoms with Crippen molar-refractivity contribution >= 4 is 27.4 Å². The highest BCUT2D eigenvalue weighted by molar-refractivity contribution is 7.92. The van der Waals surface area contributed by atoms with E-state index in [0.29, 0.717) is 11.4 Å². The highest BCUT2D eigenvalue weighted by Gasteiger charge is 2.13. The third kappa shape index (κ3) is 4.31. The van der Waals surface area contributed by atoms with E-state index in [1.54, 1.807) is 19.1 Å². The van der Waals surface area contributed by atoms with Crippen molar-refractivity contribution in [2.75, 3.05) is 16.2 Å². The fourth-order valence-corrected chi connectivity index (χ4v) is 2.19. The molecule has 0 aromatic heterocycles. The van der Waals surface area contributed by atoms with E-state index >= 15 is 0 Å². The largest absolute Gasteiger partial charge is 0.481 e. The first-order valence-electron chi connectivity index (χ1n) is 4.88. The summed E-state index contributed by atoms with van der Waals surface area (Å²) in [6, 6.07) is 4.75. The number of hydrogen-bond acceptors (Lipinski definition) is 4. The maximum Gasteiger partial charge on any atom is 0.304 e. The zero-order valence-corrected chi connectivity index (χ0v) is 10.1. The number of sulfonamides is 1. The average Bonchev–Trinajstić information content (AvgIpc) is 2.21. The number of aliphatic carboxylic acids is 1. The van der Waals surface area contributed by atoms with Gasteiger partial charge in [0.05, 0.1) is 17.9 Å². The summed E-state index contributed by atoms with van der Waals surface area (Å²) < 4.78 is 25.2. The van der Waals surface area contributed by atoms with E-state index in [1.165, 1.54) is 6.07 Å². The molecule has 0 aliphatic heterocycles. The predicted octanol–water partition coefficient (Wildman–Crippen LogP) is 0.794. The molecule has 94 valence electrons. The summed E-state index contributed by atoms with van der Waals surface area (Å²) >= 11 is 0. The number of carbonyl (C=O) groups is 1. The van der Waals surface area contributed by atoms with E-state index in [0.717, 1.165) is 5.56 Å². The molecule has 0 heterocycles. The van der Waals surface area contributed by atoms with Gasteiger partial charge in [0.1, 0.15) is 0 Å². The summed E-state index contributed by atoms with van der Waals surface area (Å²) in [6.45, 7) is 1.80. The van der Waals surface area contributed by atoms with Crippen molar-refractivity contribution in [3.8, 4) is 0 Å². The number of nitrogens with two attached hydrogens (primary N) is 1. The van der Waals surface area contributed by atoms with Gasteiger partial charge < -0.3 is 10.8 Å². The molecular weight excluding hydrogens is 244 g/mol. The van der Waals surface area contributed by atoms with Crippen LogP contribution < -0.4 is 10.5 Å². The number of hydrogen-bond donors (Lipinski definition) is 3. The van der Waals surface area contributed by atoms with Crippen LogP contribution in [0.3, 0.4) is 0 Å². The molecule has 0 bridgehead atoms. The summed E-state index contributed by atoms with van der Waals surface area (Å²) in [5.74, 6) is -1.62. The lowest BCUT2D eigenvalue weighted by Crippen LogP contribution is -2.19. The number of carboxylic acid groups (broad SMARTS) is 1. The van der Waals surface area contributed by atoms with Crippen LogP contribution in [-0.4, -0.2) is 25.2 Å². The number of rotatable bonds is 5. The molecule has 1 aromatic rings. The summed E-state index contributed by atoms with van der Waals surface area (Å²) in [5, 5.41) is 8.41. The SMILES string of the molecule is Cc1ccc(NS(=O)(=O)CCC(=O)O)cc1N. The minimum Gasteiger partial charge on any atom is -0.481 e. The molecule has 1 rings (SSSR count). The number of aryl methyl sites for hydroxylation is 1. The number of carboxylic acids is 1. The Bertz CT molecular complexity index is 525. The molecule has 17 heavy (non-hydrogen) atoms. The summed E-state index contributed by atoms with van der Waals surface area (Å²) in [6.07, 6.45) is -0.434. The highest BCUT2D eigenvalue weighted by atomic mass is 32.2. The number of benzene rings is 1. The minimum atomic E-state index is -3.65. The Labute approximate surface area is 99.5 Å². The van der Waals surface area contributed by atoms with Crippen molar-refractivity contribution in [1.29, 1.82) is 0 Å². The average molecular weight is 258 g/mol. The molecule has 0 aliphatic rings. The molecule has 0 radical (unpaired) electrons. The Hall–Kier alpha value is -1.76.